The number of carbonyl (C=O) groups is 2. The summed E-state index contributed by atoms with van der Waals surface area (Å²) in [4.78, 5) is 30.4. The molecule has 1 fully saturated rings. The summed E-state index contributed by atoms with van der Waals surface area (Å²) in [7, 11) is 0. The van der Waals surface area contributed by atoms with Gasteiger partial charge in [0, 0.05) is 0 Å². The molecule has 1 aromatic rings. The minimum atomic E-state index is -0.919. The average molecular weight is 280 g/mol. The number of piperazine rings is 1. The fraction of sp³-hybridized carbons (Fsp3) is 0.692. The lowest BCUT2D eigenvalue weighted by atomic mass is 9.91. The van der Waals surface area contributed by atoms with Crippen LogP contribution in [0.5, 0.6) is 0 Å². The highest BCUT2D eigenvalue weighted by Gasteiger charge is 2.46. The van der Waals surface area contributed by atoms with Crippen molar-refractivity contribution in [2.75, 3.05) is 0 Å². The summed E-state index contributed by atoms with van der Waals surface area (Å²) >= 11 is 0. The highest BCUT2D eigenvalue weighted by molar-refractivity contribution is 5.99. The van der Waals surface area contributed by atoms with Gasteiger partial charge >= 0.3 is 0 Å². The largest absolute Gasteiger partial charge is 0.340 e. The SMILES string of the molecule is Cc1noc(CN2C(=O)C(C)(C)NC(=O)C2C(C)C)n1. The van der Waals surface area contributed by atoms with Crippen LogP contribution in [0.2, 0.25) is 0 Å². The number of hydrogen-bond acceptors (Lipinski definition) is 5. The number of aromatic nitrogens is 2. The molecule has 1 atom stereocenters. The smallest absolute Gasteiger partial charge is 0.248 e. The predicted molar refractivity (Wildman–Crippen MR) is 70.4 cm³/mol. The molecule has 2 heterocycles. The third-order valence-electron chi connectivity index (χ3n) is 3.34. The molecule has 2 rings (SSSR count). The van der Waals surface area contributed by atoms with E-state index < -0.39 is 11.6 Å². The normalized spacial score (nSPS) is 22.3. The van der Waals surface area contributed by atoms with Gasteiger partial charge in [0.15, 0.2) is 5.82 Å². The van der Waals surface area contributed by atoms with Gasteiger partial charge in [-0.05, 0) is 26.7 Å². The van der Waals surface area contributed by atoms with Crippen molar-refractivity contribution in [3.63, 3.8) is 0 Å². The second-order valence-electron chi connectivity index (χ2n) is 5.97. The first-order valence-corrected chi connectivity index (χ1v) is 6.64. The van der Waals surface area contributed by atoms with E-state index in [0.29, 0.717) is 11.7 Å². The number of carbonyl (C=O) groups excluding carboxylic acids is 2. The summed E-state index contributed by atoms with van der Waals surface area (Å²) in [5, 5.41) is 6.47. The quantitative estimate of drug-likeness (QED) is 0.877. The number of aryl methyl sites for hydroxylation is 1. The summed E-state index contributed by atoms with van der Waals surface area (Å²) in [5.41, 5.74) is -0.919. The van der Waals surface area contributed by atoms with Crippen LogP contribution < -0.4 is 5.32 Å². The molecule has 0 aliphatic carbocycles. The molecule has 0 saturated carbocycles. The van der Waals surface area contributed by atoms with Crippen LogP contribution >= 0.6 is 0 Å². The van der Waals surface area contributed by atoms with E-state index in [1.54, 1.807) is 20.8 Å². The third-order valence-corrected chi connectivity index (χ3v) is 3.34. The second-order valence-corrected chi connectivity index (χ2v) is 5.97. The Kier molecular flexibility index (Phi) is 3.54. The van der Waals surface area contributed by atoms with Crippen molar-refractivity contribution in [3.05, 3.63) is 11.7 Å². The van der Waals surface area contributed by atoms with Crippen LogP contribution in [0.3, 0.4) is 0 Å². The summed E-state index contributed by atoms with van der Waals surface area (Å²) in [6.45, 7) is 9.05. The first kappa shape index (κ1) is 14.5. The van der Waals surface area contributed by atoms with Crippen molar-refractivity contribution in [2.45, 2.75) is 52.7 Å². The van der Waals surface area contributed by atoms with Crippen LogP contribution in [0.4, 0.5) is 0 Å². The van der Waals surface area contributed by atoms with E-state index in [1.807, 2.05) is 13.8 Å². The maximum atomic E-state index is 12.5. The van der Waals surface area contributed by atoms with Gasteiger partial charge in [0.05, 0.1) is 0 Å². The van der Waals surface area contributed by atoms with Crippen LogP contribution in [0.15, 0.2) is 4.52 Å². The number of rotatable bonds is 3. The highest BCUT2D eigenvalue weighted by Crippen LogP contribution is 2.24. The van der Waals surface area contributed by atoms with Crippen molar-refractivity contribution in [1.29, 1.82) is 0 Å². The molecular weight excluding hydrogens is 260 g/mol. The monoisotopic (exact) mass is 280 g/mol. The Morgan fingerprint density at radius 1 is 1.40 bits per heavy atom. The molecule has 1 aliphatic rings. The Balaban J connectivity index is 2.32. The van der Waals surface area contributed by atoms with Crippen LogP contribution in [0, 0.1) is 12.8 Å². The Labute approximate surface area is 117 Å². The van der Waals surface area contributed by atoms with Crippen LogP contribution in [0.1, 0.15) is 39.4 Å². The molecule has 7 nitrogen and oxygen atoms in total. The van der Waals surface area contributed by atoms with E-state index in [0.717, 1.165) is 0 Å². The van der Waals surface area contributed by atoms with Crippen LogP contribution in [-0.2, 0) is 16.1 Å². The second kappa shape index (κ2) is 4.88. The molecule has 1 aliphatic heterocycles. The minimum absolute atomic E-state index is 0.000863. The van der Waals surface area contributed by atoms with E-state index in [1.165, 1.54) is 4.90 Å². The molecule has 0 aromatic carbocycles. The lowest BCUT2D eigenvalue weighted by Gasteiger charge is -2.43. The van der Waals surface area contributed by atoms with Gasteiger partial charge in [0.25, 0.3) is 0 Å². The van der Waals surface area contributed by atoms with Crippen molar-refractivity contribution in [2.24, 2.45) is 5.92 Å². The minimum Gasteiger partial charge on any atom is -0.340 e. The van der Waals surface area contributed by atoms with Gasteiger partial charge in [-0.2, -0.15) is 4.98 Å². The summed E-state index contributed by atoms with van der Waals surface area (Å²) < 4.78 is 5.06. The number of nitrogens with zero attached hydrogens (tertiary/aromatic N) is 3. The predicted octanol–water partition coefficient (Wildman–Crippen LogP) is 0.640. The number of amides is 2. The molecular formula is C13H20N4O3. The molecule has 0 bridgehead atoms. The lowest BCUT2D eigenvalue weighted by molar-refractivity contribution is -0.156. The molecule has 0 spiro atoms. The molecule has 1 unspecified atom stereocenters. The molecule has 1 saturated heterocycles. The van der Waals surface area contributed by atoms with Crippen molar-refractivity contribution >= 4 is 11.8 Å². The van der Waals surface area contributed by atoms with Gasteiger partial charge < -0.3 is 14.7 Å². The van der Waals surface area contributed by atoms with Crippen molar-refractivity contribution in [1.82, 2.24) is 20.4 Å². The van der Waals surface area contributed by atoms with E-state index >= 15 is 0 Å². The van der Waals surface area contributed by atoms with Crippen molar-refractivity contribution < 1.29 is 14.1 Å². The number of nitrogens with one attached hydrogen (secondary N) is 1. The van der Waals surface area contributed by atoms with Gasteiger partial charge in [0.1, 0.15) is 18.1 Å². The molecule has 1 aromatic heterocycles. The Bertz CT molecular complexity index is 535. The Morgan fingerprint density at radius 3 is 2.55 bits per heavy atom. The molecule has 1 N–H and O–H groups in total. The van der Waals surface area contributed by atoms with Gasteiger partial charge in [-0.15, -0.1) is 0 Å². The first-order chi connectivity index (χ1) is 9.22. The van der Waals surface area contributed by atoms with E-state index in [9.17, 15) is 9.59 Å². The van der Waals surface area contributed by atoms with Gasteiger partial charge in [-0.3, -0.25) is 9.59 Å². The topological polar surface area (TPSA) is 88.3 Å². The fourth-order valence-corrected chi connectivity index (χ4v) is 2.45. The van der Waals surface area contributed by atoms with E-state index in [-0.39, 0.29) is 24.3 Å². The zero-order valence-corrected chi connectivity index (χ0v) is 12.4. The van der Waals surface area contributed by atoms with Gasteiger partial charge in [-0.25, -0.2) is 0 Å². The Hall–Kier alpha value is -1.92. The van der Waals surface area contributed by atoms with Gasteiger partial charge in [-0.1, -0.05) is 19.0 Å². The standard InChI is InChI=1S/C13H20N4O3/c1-7(2)10-11(18)15-13(4,5)12(19)17(10)6-9-14-8(3)16-20-9/h7,10H,6H2,1-5H3,(H,15,18). The fourth-order valence-electron chi connectivity index (χ4n) is 2.45. The van der Waals surface area contributed by atoms with Gasteiger partial charge in [0.2, 0.25) is 17.7 Å². The van der Waals surface area contributed by atoms with E-state index in [2.05, 4.69) is 15.5 Å². The zero-order chi connectivity index (χ0) is 15.1. The molecule has 0 radical (unpaired) electrons. The van der Waals surface area contributed by atoms with Crippen LogP contribution in [-0.4, -0.2) is 38.4 Å². The molecule has 7 heteroatoms. The third kappa shape index (κ3) is 2.52. The van der Waals surface area contributed by atoms with Crippen molar-refractivity contribution in [3.8, 4) is 0 Å². The molecule has 2 amide bonds. The lowest BCUT2D eigenvalue weighted by Crippen LogP contribution is -2.68. The zero-order valence-electron chi connectivity index (χ0n) is 12.4. The highest BCUT2D eigenvalue weighted by atomic mass is 16.5. The number of hydrogen-bond donors (Lipinski definition) is 1. The molecule has 20 heavy (non-hydrogen) atoms. The van der Waals surface area contributed by atoms with E-state index in [4.69, 9.17) is 4.52 Å². The summed E-state index contributed by atoms with van der Waals surface area (Å²) in [6, 6.07) is -0.525. The Morgan fingerprint density at radius 2 is 2.05 bits per heavy atom. The van der Waals surface area contributed by atoms with Crippen LogP contribution in [0.25, 0.3) is 0 Å². The summed E-state index contributed by atoms with van der Waals surface area (Å²) in [5.74, 6) is 0.549. The first-order valence-electron chi connectivity index (χ1n) is 6.64. The summed E-state index contributed by atoms with van der Waals surface area (Å²) in [6.07, 6.45) is 0. The molecule has 110 valence electrons. The maximum absolute atomic E-state index is 12.5. The maximum Gasteiger partial charge on any atom is 0.248 e. The average Bonchev–Trinajstić information content (AvgIpc) is 2.70.